The van der Waals surface area contributed by atoms with Gasteiger partial charge in [0.1, 0.15) is 11.3 Å². The van der Waals surface area contributed by atoms with Crippen molar-refractivity contribution >= 4 is 28.6 Å². The monoisotopic (exact) mass is 528 g/mol. The minimum Gasteiger partial charge on any atom is -0.494 e. The predicted octanol–water partition coefficient (Wildman–Crippen LogP) is 2.89. The van der Waals surface area contributed by atoms with Gasteiger partial charge in [0.25, 0.3) is 6.43 Å². The van der Waals surface area contributed by atoms with Gasteiger partial charge in [0.15, 0.2) is 5.82 Å². The first-order valence-electron chi connectivity index (χ1n) is 12.3. The third-order valence-corrected chi connectivity index (χ3v) is 6.08. The molecule has 0 bridgehead atoms. The summed E-state index contributed by atoms with van der Waals surface area (Å²) in [6.07, 6.45) is 1.61. The first kappa shape index (κ1) is 25.7. The Morgan fingerprint density at radius 1 is 1.11 bits per heavy atom. The van der Waals surface area contributed by atoms with Crippen LogP contribution in [-0.2, 0) is 11.3 Å². The summed E-state index contributed by atoms with van der Waals surface area (Å²) in [4.78, 5) is 21.9. The van der Waals surface area contributed by atoms with Gasteiger partial charge in [-0.05, 0) is 39.2 Å². The van der Waals surface area contributed by atoms with Gasteiger partial charge in [0.05, 0.1) is 37.7 Å². The minimum atomic E-state index is -2.87. The second-order valence-electron chi connectivity index (χ2n) is 9.07. The maximum absolute atomic E-state index is 14.2. The molecule has 0 aliphatic carbocycles. The molecule has 5 rings (SSSR count). The van der Waals surface area contributed by atoms with Crippen LogP contribution in [0.25, 0.3) is 17.0 Å². The average Bonchev–Trinajstić information content (AvgIpc) is 3.53. The lowest BCUT2D eigenvalue weighted by Gasteiger charge is -2.27. The number of anilines is 3. The van der Waals surface area contributed by atoms with Crippen LogP contribution in [0.2, 0.25) is 0 Å². The molecule has 0 radical (unpaired) electrons. The van der Waals surface area contributed by atoms with Crippen molar-refractivity contribution in [3.05, 3.63) is 36.4 Å². The van der Waals surface area contributed by atoms with Crippen molar-refractivity contribution in [2.24, 2.45) is 0 Å². The molecule has 0 amide bonds. The normalized spacial score (nSPS) is 14.1. The van der Waals surface area contributed by atoms with Crippen LogP contribution in [0.3, 0.4) is 0 Å². The molecule has 4 aromatic rings. The molecule has 1 saturated heterocycles. The number of nitrogens with one attached hydrogen (secondary N) is 1. The van der Waals surface area contributed by atoms with E-state index < -0.39 is 12.2 Å². The molecule has 3 aromatic heterocycles. The zero-order chi connectivity index (χ0) is 26.6. The van der Waals surface area contributed by atoms with Crippen molar-refractivity contribution in [2.45, 2.75) is 19.4 Å². The van der Waals surface area contributed by atoms with Crippen molar-refractivity contribution < 1.29 is 18.3 Å². The lowest BCUT2D eigenvalue weighted by atomic mass is 10.3. The lowest BCUT2D eigenvalue weighted by molar-refractivity contribution is 0.122. The number of hydrogen-bond acceptors (Lipinski definition) is 10. The maximum Gasteiger partial charge on any atom is 0.296 e. The summed E-state index contributed by atoms with van der Waals surface area (Å²) in [5.41, 5.74) is 1.37. The fraction of sp³-hybridized carbons (Fsp3) is 0.458. The molecule has 38 heavy (non-hydrogen) atoms. The number of ether oxygens (including phenoxy) is 2. The molecule has 1 aromatic carbocycles. The van der Waals surface area contributed by atoms with E-state index in [1.165, 1.54) is 11.7 Å². The van der Waals surface area contributed by atoms with Crippen molar-refractivity contribution in [3.63, 3.8) is 0 Å². The van der Waals surface area contributed by atoms with Crippen LogP contribution in [0.1, 0.15) is 18.7 Å². The predicted molar refractivity (Wildman–Crippen MR) is 138 cm³/mol. The highest BCUT2D eigenvalue weighted by Gasteiger charge is 2.26. The molecule has 1 fully saturated rings. The number of alkyl halides is 2. The Hall–Kier alpha value is -3.91. The summed E-state index contributed by atoms with van der Waals surface area (Å²) in [6.45, 7) is 3.84. The number of fused-ring (bicyclic) bond motifs is 1. The summed E-state index contributed by atoms with van der Waals surface area (Å²) in [5.74, 6) is 0.473. The first-order valence-corrected chi connectivity index (χ1v) is 12.3. The van der Waals surface area contributed by atoms with Crippen LogP contribution in [0.5, 0.6) is 5.75 Å². The highest BCUT2D eigenvalue weighted by molar-refractivity contribution is 5.84. The summed E-state index contributed by atoms with van der Waals surface area (Å²) in [7, 11) is 5.52. The van der Waals surface area contributed by atoms with E-state index in [0.717, 1.165) is 19.5 Å². The van der Waals surface area contributed by atoms with E-state index >= 15 is 0 Å². The van der Waals surface area contributed by atoms with E-state index in [4.69, 9.17) is 9.47 Å². The van der Waals surface area contributed by atoms with Gasteiger partial charge in [-0.15, -0.1) is 0 Å². The minimum absolute atomic E-state index is 0.0217. The van der Waals surface area contributed by atoms with Gasteiger partial charge in [0, 0.05) is 25.8 Å². The highest BCUT2D eigenvalue weighted by atomic mass is 19.3. The van der Waals surface area contributed by atoms with E-state index in [1.54, 1.807) is 24.4 Å². The second-order valence-corrected chi connectivity index (χ2v) is 9.07. The number of imidazole rings is 1. The summed E-state index contributed by atoms with van der Waals surface area (Å²) in [5, 5.41) is 7.57. The number of rotatable bonds is 10. The Labute approximate surface area is 218 Å². The molecular weight excluding hydrogens is 498 g/mol. The van der Waals surface area contributed by atoms with Crippen molar-refractivity contribution in [3.8, 4) is 11.7 Å². The van der Waals surface area contributed by atoms with E-state index in [-0.39, 0.29) is 11.9 Å². The Morgan fingerprint density at radius 3 is 2.63 bits per heavy atom. The van der Waals surface area contributed by atoms with Crippen LogP contribution in [-0.4, -0.2) is 93.2 Å². The van der Waals surface area contributed by atoms with E-state index in [9.17, 15) is 8.78 Å². The molecule has 0 atom stereocenters. The fourth-order valence-electron chi connectivity index (χ4n) is 4.26. The molecular formula is C24H30F2N10O2. The second kappa shape index (κ2) is 11.2. The number of methoxy groups -OCH3 is 1. The van der Waals surface area contributed by atoms with Gasteiger partial charge >= 0.3 is 0 Å². The number of hydrogen-bond donors (Lipinski definition) is 1. The third-order valence-electron chi connectivity index (χ3n) is 6.08. The first-order chi connectivity index (χ1) is 18.4. The standard InChI is InChI=1S/C24H30F2N10O2/c1-33(2)8-5-9-35-15-16(14-27-35)28-22-30-23(34-10-12-38-13-11-34)32-24(31-22)36-17-6-4-7-18(37-3)19(17)29-21(36)20(25)26/h4,6-7,14-15,20H,5,8-13H2,1-3H3,(H,28,30,31,32). The Morgan fingerprint density at radius 2 is 1.89 bits per heavy atom. The van der Waals surface area contributed by atoms with Crippen molar-refractivity contribution in [1.82, 2.24) is 39.2 Å². The van der Waals surface area contributed by atoms with Crippen LogP contribution < -0.4 is 15.0 Å². The molecule has 1 N–H and O–H groups in total. The quantitative estimate of drug-likeness (QED) is 0.330. The van der Waals surface area contributed by atoms with Crippen LogP contribution >= 0.6 is 0 Å². The van der Waals surface area contributed by atoms with Crippen LogP contribution in [0.15, 0.2) is 30.6 Å². The number of para-hydroxylation sites is 1. The maximum atomic E-state index is 14.2. The molecule has 14 heteroatoms. The van der Waals surface area contributed by atoms with Crippen LogP contribution in [0, 0.1) is 0 Å². The zero-order valence-corrected chi connectivity index (χ0v) is 21.5. The fourth-order valence-corrected chi connectivity index (χ4v) is 4.26. The number of benzene rings is 1. The largest absolute Gasteiger partial charge is 0.494 e. The van der Waals surface area contributed by atoms with E-state index in [0.29, 0.717) is 54.7 Å². The van der Waals surface area contributed by atoms with E-state index in [1.807, 2.05) is 29.9 Å². The summed E-state index contributed by atoms with van der Waals surface area (Å²) < 4.78 is 42.3. The van der Waals surface area contributed by atoms with Crippen molar-refractivity contribution in [2.75, 3.05) is 64.3 Å². The topological polar surface area (TPSA) is 111 Å². The molecule has 202 valence electrons. The molecule has 0 saturated carbocycles. The summed E-state index contributed by atoms with van der Waals surface area (Å²) in [6, 6.07) is 5.06. The number of morpholine rings is 1. The molecule has 12 nitrogen and oxygen atoms in total. The lowest BCUT2D eigenvalue weighted by Crippen LogP contribution is -2.37. The molecule has 0 unspecified atom stereocenters. The Kier molecular flexibility index (Phi) is 7.60. The SMILES string of the molecule is COc1cccc2c1nc(C(F)F)n2-c1nc(Nc2cnn(CCCN(C)C)c2)nc(N2CCOCC2)n1. The smallest absolute Gasteiger partial charge is 0.296 e. The number of aryl methyl sites for hydroxylation is 1. The van der Waals surface area contributed by atoms with Gasteiger partial charge in [-0.3, -0.25) is 9.25 Å². The molecule has 1 aliphatic heterocycles. The van der Waals surface area contributed by atoms with Gasteiger partial charge in [-0.25, -0.2) is 13.8 Å². The van der Waals surface area contributed by atoms with Crippen molar-refractivity contribution in [1.29, 1.82) is 0 Å². The summed E-state index contributed by atoms with van der Waals surface area (Å²) >= 11 is 0. The van der Waals surface area contributed by atoms with Gasteiger partial charge < -0.3 is 24.6 Å². The average molecular weight is 529 g/mol. The van der Waals surface area contributed by atoms with Gasteiger partial charge in [0.2, 0.25) is 17.8 Å². The zero-order valence-electron chi connectivity index (χ0n) is 21.5. The molecule has 0 spiro atoms. The molecule has 1 aliphatic rings. The molecule has 4 heterocycles. The number of aromatic nitrogens is 7. The Balaban J connectivity index is 1.55. The third kappa shape index (κ3) is 5.50. The van der Waals surface area contributed by atoms with Crippen LogP contribution in [0.4, 0.5) is 26.4 Å². The van der Waals surface area contributed by atoms with Gasteiger partial charge in [-0.2, -0.15) is 20.1 Å². The van der Waals surface area contributed by atoms with E-state index in [2.05, 4.69) is 35.3 Å². The number of halogens is 2. The Bertz CT molecular complexity index is 1380. The number of nitrogens with zero attached hydrogens (tertiary/aromatic N) is 9. The highest BCUT2D eigenvalue weighted by Crippen LogP contribution is 2.32. The van der Waals surface area contributed by atoms with Gasteiger partial charge in [-0.1, -0.05) is 6.07 Å².